The van der Waals surface area contributed by atoms with E-state index in [4.69, 9.17) is 38.4 Å². The highest BCUT2D eigenvalue weighted by Crippen LogP contribution is 2.46. The molecule has 11 bridgehead atoms. The van der Waals surface area contributed by atoms with Crippen LogP contribution >= 0.6 is 23.2 Å². The number of amides is 7. The topological polar surface area (TPSA) is 387 Å². The number of carboxylic acids is 1. The number of ether oxygens (including phenoxy) is 2. The Kier molecular flexibility index (Phi) is 16.8. The summed E-state index contributed by atoms with van der Waals surface area (Å²) in [5.74, 6) is -12.5. The van der Waals surface area contributed by atoms with E-state index in [2.05, 4.69) is 37.2 Å². The molecule has 9 atom stereocenters. The molecule has 0 aliphatic carbocycles. The number of hydrogen-bond donors (Lipinski definition) is 14. The number of aliphatic hydroxyl groups excluding tert-OH is 2. The number of carbonyl (C=O) groups excluding carboxylic acids is 7. The number of fused-ring (bicyclic) bond motifs is 15. The van der Waals surface area contributed by atoms with E-state index in [1.807, 2.05) is 13.8 Å². The molecular formula is C54H54Cl2N8O16. The van der Waals surface area contributed by atoms with Crippen LogP contribution in [-0.4, -0.2) is 109 Å². The Balaban J connectivity index is 1.36. The second-order valence-electron chi connectivity index (χ2n) is 19.7. The molecule has 10 rings (SSSR count). The van der Waals surface area contributed by atoms with Crippen LogP contribution in [0.25, 0.3) is 11.1 Å². The highest BCUT2D eigenvalue weighted by atomic mass is 35.5. The first-order valence-electron chi connectivity index (χ1n) is 24.7. The summed E-state index contributed by atoms with van der Waals surface area (Å²) in [6.07, 6.45) is -4.61. The van der Waals surface area contributed by atoms with E-state index in [0.29, 0.717) is 0 Å². The van der Waals surface area contributed by atoms with Crippen LogP contribution in [0.2, 0.25) is 10.0 Å². The van der Waals surface area contributed by atoms with Crippen LogP contribution in [0.3, 0.4) is 0 Å². The number of nitrogens with two attached hydrogens (primary N) is 1. The highest BCUT2D eigenvalue weighted by molar-refractivity contribution is 6.32. The lowest BCUT2D eigenvalue weighted by molar-refractivity contribution is -0.143. The second kappa shape index (κ2) is 23.3. The van der Waals surface area contributed by atoms with Gasteiger partial charge in [0.25, 0.3) is 0 Å². The summed E-state index contributed by atoms with van der Waals surface area (Å²) >= 11 is 13.7. The largest absolute Gasteiger partial charge is 0.508 e. The van der Waals surface area contributed by atoms with Crippen LogP contribution in [0.1, 0.15) is 90.4 Å². The Hall–Kier alpha value is -8.68. The smallest absolute Gasteiger partial charge is 0.330 e. The average molecular weight is 1140 g/mol. The molecule has 0 radical (unpaired) electrons. The van der Waals surface area contributed by atoms with Gasteiger partial charge < -0.3 is 83.1 Å². The van der Waals surface area contributed by atoms with Crippen LogP contribution < -0.4 is 52.4 Å². The van der Waals surface area contributed by atoms with Gasteiger partial charge in [-0.2, -0.15) is 0 Å². The lowest BCUT2D eigenvalue weighted by Crippen LogP contribution is -2.59. The number of aromatic hydroxyl groups is 3. The Labute approximate surface area is 464 Å². The number of aliphatic carboxylic acids is 1. The average Bonchev–Trinajstić information content (AvgIpc) is 3.39. The molecule has 5 aliphatic heterocycles. The third-order valence-corrected chi connectivity index (χ3v) is 14.2. The number of carboxylic acid groups (broad SMARTS) is 1. The fourth-order valence-corrected chi connectivity index (χ4v) is 9.93. The first-order valence-corrected chi connectivity index (χ1v) is 25.4. The van der Waals surface area contributed by atoms with Crippen molar-refractivity contribution >= 4 is 70.5 Å². The number of phenols is 3. The minimum absolute atomic E-state index is 0.00789. The normalized spacial score (nSPS) is 22.4. The fourth-order valence-electron chi connectivity index (χ4n) is 9.48. The van der Waals surface area contributed by atoms with Crippen LogP contribution in [-0.2, 0) is 38.4 Å². The molecule has 80 heavy (non-hydrogen) atoms. The Bertz CT molecular complexity index is 3380. The van der Waals surface area contributed by atoms with E-state index in [1.54, 1.807) is 0 Å². The number of phenolic OH excluding ortho intramolecular Hbond substituents is 3. The zero-order valence-corrected chi connectivity index (χ0v) is 44.3. The minimum Gasteiger partial charge on any atom is -0.508 e. The van der Waals surface area contributed by atoms with E-state index in [0.717, 1.165) is 30.3 Å². The summed E-state index contributed by atoms with van der Waals surface area (Å²) in [5.41, 5.74) is 3.93. The Morgan fingerprint density at radius 1 is 0.662 bits per heavy atom. The van der Waals surface area contributed by atoms with Gasteiger partial charge in [-0.05, 0) is 103 Å². The number of rotatable bonds is 8. The van der Waals surface area contributed by atoms with Crippen molar-refractivity contribution in [2.75, 3.05) is 7.05 Å². The third kappa shape index (κ3) is 12.0. The molecule has 5 heterocycles. The number of likely N-dealkylation sites (N-methyl/N-ethyl adjacent to an activating group) is 1. The predicted molar refractivity (Wildman–Crippen MR) is 283 cm³/mol. The summed E-state index contributed by atoms with van der Waals surface area (Å²) in [7, 11) is 1.52. The van der Waals surface area contributed by atoms with Gasteiger partial charge >= 0.3 is 5.97 Å². The van der Waals surface area contributed by atoms with Crippen LogP contribution in [0.15, 0.2) is 78.9 Å². The summed E-state index contributed by atoms with van der Waals surface area (Å²) in [4.78, 5) is 114. The molecule has 5 aliphatic rings. The van der Waals surface area contributed by atoms with E-state index < -0.39 is 137 Å². The van der Waals surface area contributed by atoms with Crippen molar-refractivity contribution < 1.29 is 78.5 Å². The quantitative estimate of drug-likeness (QED) is 0.106. The number of carbonyl (C=O) groups is 8. The number of benzene rings is 5. The molecule has 0 saturated carbocycles. The van der Waals surface area contributed by atoms with Crippen molar-refractivity contribution in [3.63, 3.8) is 0 Å². The molecule has 7 amide bonds. The number of hydrogen-bond acceptors (Lipinski definition) is 16. The standard InChI is InChI=1S/C54H54Cl2N8O16/c1-20(2)11-31(58-4)48(71)63-44-46(69)23-6-9-35(29(55)13-23)79-37-15-25-16-38(21(37)3)80-36-10-7-24(14-30(36)56)47(70)45-53(76)62-43(54(77)78)28-17-26(65)18-34(67)40(28)27-12-22(5-8-33(27)66)41(50(73)64-45)61-51(74)42(25)60-49(72)32(19-39(57)68)59-52(44)75/h5-10,12-18,20,31-32,41-47,58,65-67,69-70H,11,19H2,1-4H3,(H2,57,68)(H,59,75)(H,60,72)(H,61,74)(H,62,76)(H,63,71)(H,64,73)(H,77,78). The van der Waals surface area contributed by atoms with Crippen molar-refractivity contribution in [2.45, 2.75) is 88.1 Å². The van der Waals surface area contributed by atoms with Crippen molar-refractivity contribution in [2.24, 2.45) is 11.7 Å². The molecular weight excluding hydrogens is 1090 g/mol. The summed E-state index contributed by atoms with van der Waals surface area (Å²) in [6, 6.07) is 2.09. The second-order valence-corrected chi connectivity index (χ2v) is 20.5. The van der Waals surface area contributed by atoms with Crippen molar-refractivity contribution in [3.05, 3.63) is 122 Å². The van der Waals surface area contributed by atoms with Gasteiger partial charge in [0, 0.05) is 28.3 Å². The van der Waals surface area contributed by atoms with E-state index in [1.165, 1.54) is 62.5 Å². The number of nitrogens with one attached hydrogen (secondary N) is 7. The van der Waals surface area contributed by atoms with E-state index >= 15 is 9.59 Å². The summed E-state index contributed by atoms with van der Waals surface area (Å²) in [5, 5.41) is 84.9. The zero-order valence-electron chi connectivity index (χ0n) is 42.8. The maximum atomic E-state index is 15.4. The van der Waals surface area contributed by atoms with Crippen LogP contribution in [0.5, 0.6) is 40.2 Å². The minimum atomic E-state index is -2.15. The maximum absolute atomic E-state index is 15.4. The van der Waals surface area contributed by atoms with Crippen LogP contribution in [0.4, 0.5) is 0 Å². The lowest BCUT2D eigenvalue weighted by Gasteiger charge is -2.31. The van der Waals surface area contributed by atoms with Gasteiger partial charge in [-0.3, -0.25) is 33.6 Å². The van der Waals surface area contributed by atoms with E-state index in [9.17, 15) is 59.4 Å². The molecule has 0 saturated heterocycles. The Morgan fingerprint density at radius 2 is 1.24 bits per heavy atom. The van der Waals surface area contributed by atoms with Gasteiger partial charge in [0.15, 0.2) is 6.04 Å². The molecule has 0 fully saturated rings. The maximum Gasteiger partial charge on any atom is 0.330 e. The molecule has 15 N–H and O–H groups in total. The van der Waals surface area contributed by atoms with Gasteiger partial charge in [0.05, 0.1) is 22.5 Å². The predicted octanol–water partition coefficient (Wildman–Crippen LogP) is 3.00. The molecule has 5 aromatic rings. The van der Waals surface area contributed by atoms with Crippen LogP contribution in [0, 0.1) is 12.8 Å². The first kappa shape index (κ1) is 57.5. The summed E-state index contributed by atoms with van der Waals surface area (Å²) < 4.78 is 12.7. The van der Waals surface area contributed by atoms with Crippen molar-refractivity contribution in [3.8, 4) is 51.4 Å². The highest BCUT2D eigenvalue weighted by Gasteiger charge is 2.41. The van der Waals surface area contributed by atoms with Gasteiger partial charge in [-0.15, -0.1) is 0 Å². The van der Waals surface area contributed by atoms with Gasteiger partial charge in [0.1, 0.15) is 82.7 Å². The first-order chi connectivity index (χ1) is 37.8. The van der Waals surface area contributed by atoms with Gasteiger partial charge in [-0.25, -0.2) is 4.79 Å². The zero-order chi connectivity index (χ0) is 58.2. The van der Waals surface area contributed by atoms with Gasteiger partial charge in [0.2, 0.25) is 41.4 Å². The molecule has 24 nitrogen and oxygen atoms in total. The summed E-state index contributed by atoms with van der Waals surface area (Å²) in [6.45, 7) is 5.25. The van der Waals surface area contributed by atoms with E-state index in [-0.39, 0.29) is 78.8 Å². The number of primary amides is 1. The number of aliphatic hydroxyl groups is 2. The van der Waals surface area contributed by atoms with Gasteiger partial charge in [-0.1, -0.05) is 55.2 Å². The van der Waals surface area contributed by atoms with Crippen molar-refractivity contribution in [1.82, 2.24) is 37.2 Å². The monoisotopic (exact) mass is 1140 g/mol. The van der Waals surface area contributed by atoms with Crippen molar-refractivity contribution in [1.29, 1.82) is 0 Å². The Morgan fingerprint density at radius 3 is 1.81 bits per heavy atom. The lowest BCUT2D eigenvalue weighted by atomic mass is 9.89. The molecule has 0 aromatic heterocycles. The third-order valence-electron chi connectivity index (χ3n) is 13.6. The fraction of sp³-hybridized carbons (Fsp3) is 0.296. The molecule has 5 aromatic carbocycles. The SMILES string of the molecule is CNC(CC(C)C)C(=O)NC1C(=O)NC(CC(N)=O)C(=O)NC2C(=O)NC3C(=O)NC(C(=O)NC(C(=O)O)c4cc(O)cc(O)c4-c4cc3ccc4O)C(O)c3ccc(c(Cl)c3)Oc3cc2cc(c3C)Oc2ccc(cc2Cl)C1O. The molecule has 420 valence electrons. The molecule has 26 heteroatoms. The molecule has 9 unspecified atom stereocenters. The number of halogens is 2. The molecule has 0 spiro atoms.